The van der Waals surface area contributed by atoms with Crippen LogP contribution in [0.3, 0.4) is 0 Å². The topological polar surface area (TPSA) is 59.6 Å². The van der Waals surface area contributed by atoms with Crippen LogP contribution in [0.1, 0.15) is 19.4 Å². The Labute approximate surface area is 113 Å². The Hall–Kier alpha value is -1.75. The van der Waals surface area contributed by atoms with E-state index in [1.165, 1.54) is 0 Å². The second kappa shape index (κ2) is 6.43. The van der Waals surface area contributed by atoms with Gasteiger partial charge >= 0.3 is 0 Å². The Balaban J connectivity index is 1.81. The number of hydrogen-bond donors (Lipinski definition) is 2. The van der Waals surface area contributed by atoms with Crippen LogP contribution in [0.4, 0.5) is 0 Å². The fourth-order valence-electron chi connectivity index (χ4n) is 1.89. The first kappa shape index (κ1) is 13.7. The van der Waals surface area contributed by atoms with Crippen LogP contribution < -0.4 is 20.1 Å². The van der Waals surface area contributed by atoms with Crippen molar-refractivity contribution in [3.63, 3.8) is 0 Å². The summed E-state index contributed by atoms with van der Waals surface area (Å²) in [5.74, 6) is 1.57. The second-order valence-electron chi connectivity index (χ2n) is 4.80. The van der Waals surface area contributed by atoms with Gasteiger partial charge in [-0.15, -0.1) is 0 Å². The predicted octanol–water partition coefficient (Wildman–Crippen LogP) is 1.07. The Kier molecular flexibility index (Phi) is 4.63. The van der Waals surface area contributed by atoms with Crippen molar-refractivity contribution in [1.82, 2.24) is 10.6 Å². The molecule has 0 bridgehead atoms. The third-order valence-corrected chi connectivity index (χ3v) is 2.67. The molecule has 0 radical (unpaired) electrons. The zero-order chi connectivity index (χ0) is 13.7. The van der Waals surface area contributed by atoms with Crippen molar-refractivity contribution in [1.29, 1.82) is 0 Å². The first-order chi connectivity index (χ1) is 9.15. The quantitative estimate of drug-likeness (QED) is 0.835. The van der Waals surface area contributed by atoms with E-state index in [1.54, 1.807) is 0 Å². The fourth-order valence-corrected chi connectivity index (χ4v) is 1.89. The Bertz CT molecular complexity index is 446. The van der Waals surface area contributed by atoms with E-state index in [-0.39, 0.29) is 11.9 Å². The molecule has 5 nitrogen and oxygen atoms in total. The molecule has 0 unspecified atom stereocenters. The van der Waals surface area contributed by atoms with E-state index in [0.29, 0.717) is 26.3 Å². The Morgan fingerprint density at radius 3 is 2.74 bits per heavy atom. The first-order valence-corrected chi connectivity index (χ1v) is 6.54. The summed E-state index contributed by atoms with van der Waals surface area (Å²) >= 11 is 0. The van der Waals surface area contributed by atoms with Crippen LogP contribution in [0, 0.1) is 0 Å². The number of rotatable bonds is 5. The van der Waals surface area contributed by atoms with Crippen molar-refractivity contribution < 1.29 is 14.3 Å². The molecule has 1 aliphatic heterocycles. The molecule has 0 spiro atoms. The summed E-state index contributed by atoms with van der Waals surface area (Å²) < 4.78 is 11.0. The molecule has 1 aromatic rings. The van der Waals surface area contributed by atoms with E-state index in [2.05, 4.69) is 10.6 Å². The number of carbonyl (C=O) groups excluding carboxylic acids is 1. The minimum absolute atomic E-state index is 0.00698. The monoisotopic (exact) mass is 264 g/mol. The third kappa shape index (κ3) is 4.13. The van der Waals surface area contributed by atoms with Crippen molar-refractivity contribution in [3.8, 4) is 11.5 Å². The highest BCUT2D eigenvalue weighted by molar-refractivity contribution is 5.78. The molecule has 0 fully saturated rings. The van der Waals surface area contributed by atoms with Gasteiger partial charge in [-0.2, -0.15) is 0 Å². The lowest BCUT2D eigenvalue weighted by molar-refractivity contribution is -0.120. The maximum Gasteiger partial charge on any atom is 0.234 e. The fraction of sp³-hybridized carbons (Fsp3) is 0.500. The zero-order valence-corrected chi connectivity index (χ0v) is 11.4. The summed E-state index contributed by atoms with van der Waals surface area (Å²) in [5.41, 5.74) is 1.07. The third-order valence-electron chi connectivity index (χ3n) is 2.67. The number of ether oxygens (including phenoxy) is 2. The molecule has 2 N–H and O–H groups in total. The van der Waals surface area contributed by atoms with Gasteiger partial charge in [0.05, 0.1) is 6.54 Å². The van der Waals surface area contributed by atoms with E-state index in [0.717, 1.165) is 17.1 Å². The second-order valence-corrected chi connectivity index (χ2v) is 4.80. The summed E-state index contributed by atoms with van der Waals surface area (Å²) in [6.07, 6.45) is 0. The minimum atomic E-state index is 0.00698. The molecule has 5 heteroatoms. The lowest BCUT2D eigenvalue weighted by atomic mass is 10.2. The van der Waals surface area contributed by atoms with Gasteiger partial charge in [0.2, 0.25) is 5.91 Å². The van der Waals surface area contributed by atoms with E-state index in [9.17, 15) is 4.79 Å². The number of nitrogens with one attached hydrogen (secondary N) is 2. The molecular formula is C14H20N2O3. The van der Waals surface area contributed by atoms with E-state index in [1.807, 2.05) is 32.0 Å². The summed E-state index contributed by atoms with van der Waals surface area (Å²) in [6.45, 7) is 6.01. The Morgan fingerprint density at radius 1 is 1.26 bits per heavy atom. The molecule has 0 atom stereocenters. The molecule has 0 saturated heterocycles. The van der Waals surface area contributed by atoms with E-state index in [4.69, 9.17) is 9.47 Å². The van der Waals surface area contributed by atoms with Crippen LogP contribution in [0.25, 0.3) is 0 Å². The van der Waals surface area contributed by atoms with Crippen molar-refractivity contribution in [2.75, 3.05) is 19.8 Å². The van der Waals surface area contributed by atoms with Crippen molar-refractivity contribution >= 4 is 5.91 Å². The minimum Gasteiger partial charge on any atom is -0.486 e. The molecule has 0 aliphatic carbocycles. The van der Waals surface area contributed by atoms with Crippen molar-refractivity contribution in [2.24, 2.45) is 0 Å². The van der Waals surface area contributed by atoms with Gasteiger partial charge in [-0.3, -0.25) is 4.79 Å². The number of fused-ring (bicyclic) bond motifs is 1. The predicted molar refractivity (Wildman–Crippen MR) is 72.4 cm³/mol. The number of amides is 1. The summed E-state index contributed by atoms with van der Waals surface area (Å²) in [6, 6.07) is 5.99. The molecule has 0 saturated carbocycles. The van der Waals surface area contributed by atoms with E-state index >= 15 is 0 Å². The van der Waals surface area contributed by atoms with Crippen LogP contribution in [-0.2, 0) is 11.3 Å². The summed E-state index contributed by atoms with van der Waals surface area (Å²) in [5, 5.41) is 5.94. The molecule has 19 heavy (non-hydrogen) atoms. The van der Waals surface area contributed by atoms with Crippen LogP contribution >= 0.6 is 0 Å². The number of benzene rings is 1. The highest BCUT2D eigenvalue weighted by Crippen LogP contribution is 2.30. The average Bonchev–Trinajstić information content (AvgIpc) is 2.37. The van der Waals surface area contributed by atoms with Crippen molar-refractivity contribution in [2.45, 2.75) is 26.4 Å². The smallest absolute Gasteiger partial charge is 0.234 e. The van der Waals surface area contributed by atoms with Crippen LogP contribution in [-0.4, -0.2) is 31.7 Å². The maximum absolute atomic E-state index is 11.5. The number of carbonyl (C=O) groups is 1. The molecule has 0 aromatic heterocycles. The van der Waals surface area contributed by atoms with E-state index < -0.39 is 0 Å². The van der Waals surface area contributed by atoms with Crippen molar-refractivity contribution in [3.05, 3.63) is 23.8 Å². The standard InChI is InChI=1S/C14H20N2O3/c1-10(2)16-14(17)9-15-8-11-3-4-12-13(7-11)19-6-5-18-12/h3-4,7,10,15H,5-6,8-9H2,1-2H3,(H,16,17). The Morgan fingerprint density at radius 2 is 2.00 bits per heavy atom. The first-order valence-electron chi connectivity index (χ1n) is 6.54. The van der Waals surface area contributed by atoms with Gasteiger partial charge in [-0.1, -0.05) is 6.07 Å². The lowest BCUT2D eigenvalue weighted by Crippen LogP contribution is -2.37. The number of hydrogen-bond acceptors (Lipinski definition) is 4. The van der Waals surface area contributed by atoms with Gasteiger partial charge in [-0.05, 0) is 31.5 Å². The van der Waals surface area contributed by atoms with Crippen LogP contribution in [0.15, 0.2) is 18.2 Å². The zero-order valence-electron chi connectivity index (χ0n) is 11.4. The highest BCUT2D eigenvalue weighted by atomic mass is 16.6. The van der Waals surface area contributed by atoms with Gasteiger partial charge in [0, 0.05) is 12.6 Å². The lowest BCUT2D eigenvalue weighted by Gasteiger charge is -2.19. The molecule has 1 aliphatic rings. The highest BCUT2D eigenvalue weighted by Gasteiger charge is 2.11. The summed E-state index contributed by atoms with van der Waals surface area (Å²) in [4.78, 5) is 11.5. The van der Waals surface area contributed by atoms with Gasteiger partial charge in [-0.25, -0.2) is 0 Å². The SMILES string of the molecule is CC(C)NC(=O)CNCc1ccc2c(c1)OCCO2. The van der Waals surface area contributed by atoms with Gasteiger partial charge in [0.15, 0.2) is 11.5 Å². The average molecular weight is 264 g/mol. The molecular weight excluding hydrogens is 244 g/mol. The van der Waals surface area contributed by atoms with Crippen LogP contribution in [0.5, 0.6) is 11.5 Å². The molecule has 2 rings (SSSR count). The largest absolute Gasteiger partial charge is 0.486 e. The molecule has 1 amide bonds. The molecule has 1 heterocycles. The van der Waals surface area contributed by atoms with Gasteiger partial charge in [0.1, 0.15) is 13.2 Å². The normalized spacial score (nSPS) is 13.4. The maximum atomic E-state index is 11.5. The molecule has 104 valence electrons. The summed E-state index contributed by atoms with van der Waals surface area (Å²) in [7, 11) is 0. The van der Waals surface area contributed by atoms with Gasteiger partial charge < -0.3 is 20.1 Å². The van der Waals surface area contributed by atoms with Gasteiger partial charge in [0.25, 0.3) is 0 Å². The molecule has 1 aromatic carbocycles. The van der Waals surface area contributed by atoms with Crippen LogP contribution in [0.2, 0.25) is 0 Å².